The molecule has 2 atom stereocenters. The van der Waals surface area contributed by atoms with E-state index in [4.69, 9.17) is 0 Å². The van der Waals surface area contributed by atoms with E-state index in [1.807, 2.05) is 60.7 Å². The van der Waals surface area contributed by atoms with Crippen LogP contribution in [0.15, 0.2) is 71.8 Å². The van der Waals surface area contributed by atoms with Crippen LogP contribution in [0.1, 0.15) is 38.8 Å². The Labute approximate surface area is 145 Å². The summed E-state index contributed by atoms with van der Waals surface area (Å²) >= 11 is 0. The van der Waals surface area contributed by atoms with Crippen molar-refractivity contribution >= 4 is 0 Å². The van der Waals surface area contributed by atoms with Gasteiger partial charge in [0.05, 0.1) is 10.8 Å². The summed E-state index contributed by atoms with van der Waals surface area (Å²) in [6.45, 7) is 8.79. The predicted octanol–water partition coefficient (Wildman–Crippen LogP) is 5.45. The molecule has 0 amide bonds. The third-order valence-electron chi connectivity index (χ3n) is 5.52. The molecule has 2 aromatic rings. The van der Waals surface area contributed by atoms with Crippen molar-refractivity contribution in [2.75, 3.05) is 0 Å². The van der Waals surface area contributed by atoms with Gasteiger partial charge in [0.25, 0.3) is 0 Å². The molecule has 2 aromatic carbocycles. The second kappa shape index (κ2) is 6.07. The van der Waals surface area contributed by atoms with E-state index in [9.17, 15) is 0 Å². The molecule has 0 saturated carbocycles. The van der Waals surface area contributed by atoms with Crippen LogP contribution in [0, 0.1) is 34.5 Å². The van der Waals surface area contributed by atoms with Crippen LogP contribution < -0.4 is 0 Å². The van der Waals surface area contributed by atoms with Crippen LogP contribution in [0.3, 0.4) is 0 Å². The van der Waals surface area contributed by atoms with Crippen molar-refractivity contribution in [3.8, 4) is 23.7 Å². The zero-order valence-corrected chi connectivity index (χ0v) is 14.8. The van der Waals surface area contributed by atoms with Gasteiger partial charge in [0.15, 0.2) is 0 Å². The molecular weight excluding hydrogens is 288 g/mol. The fraction of sp³-hybridized carbons (Fsp3) is 0.250. The highest BCUT2D eigenvalue weighted by Gasteiger charge is 2.54. The summed E-state index contributed by atoms with van der Waals surface area (Å²) in [5.74, 6) is 13.7. The predicted molar refractivity (Wildman–Crippen MR) is 101 cm³/mol. The molecule has 0 aliphatic heterocycles. The van der Waals surface area contributed by atoms with Gasteiger partial charge in [0.2, 0.25) is 0 Å². The monoisotopic (exact) mass is 310 g/mol. The van der Waals surface area contributed by atoms with E-state index in [2.05, 4.69) is 51.4 Å². The van der Waals surface area contributed by atoms with Gasteiger partial charge >= 0.3 is 0 Å². The molecule has 0 saturated heterocycles. The van der Waals surface area contributed by atoms with Crippen molar-refractivity contribution in [3.63, 3.8) is 0 Å². The fourth-order valence-corrected chi connectivity index (χ4v) is 3.31. The molecule has 0 heteroatoms. The van der Waals surface area contributed by atoms with Crippen molar-refractivity contribution in [2.24, 2.45) is 10.8 Å². The molecule has 0 unspecified atom stereocenters. The van der Waals surface area contributed by atoms with Crippen molar-refractivity contribution < 1.29 is 0 Å². The second-order valence-electron chi connectivity index (χ2n) is 6.73. The van der Waals surface area contributed by atoms with Gasteiger partial charge in [-0.15, -0.1) is 0 Å². The topological polar surface area (TPSA) is 0 Å². The third-order valence-corrected chi connectivity index (χ3v) is 5.52. The zero-order chi connectivity index (χ0) is 17.2. The van der Waals surface area contributed by atoms with Gasteiger partial charge in [0.1, 0.15) is 0 Å². The minimum atomic E-state index is -0.214. The van der Waals surface area contributed by atoms with Gasteiger partial charge < -0.3 is 0 Å². The van der Waals surface area contributed by atoms with E-state index < -0.39 is 0 Å². The summed E-state index contributed by atoms with van der Waals surface area (Å²) in [4.78, 5) is 0. The first-order valence-corrected chi connectivity index (χ1v) is 8.32. The first-order valence-electron chi connectivity index (χ1n) is 8.32. The van der Waals surface area contributed by atoms with Gasteiger partial charge in [0, 0.05) is 11.1 Å². The molecule has 0 heterocycles. The molecular formula is C24H22. The second-order valence-corrected chi connectivity index (χ2v) is 6.73. The van der Waals surface area contributed by atoms with Gasteiger partial charge in [-0.25, -0.2) is 0 Å². The Morgan fingerprint density at radius 1 is 0.583 bits per heavy atom. The number of hydrogen-bond acceptors (Lipinski definition) is 0. The van der Waals surface area contributed by atoms with Crippen LogP contribution in [0.4, 0.5) is 0 Å². The summed E-state index contributed by atoms with van der Waals surface area (Å²) in [5, 5.41) is 0. The van der Waals surface area contributed by atoms with E-state index in [0.717, 1.165) is 11.1 Å². The molecule has 0 fully saturated rings. The van der Waals surface area contributed by atoms with Gasteiger partial charge in [-0.05, 0) is 52.0 Å². The largest absolute Gasteiger partial charge is 0.0850 e. The Morgan fingerprint density at radius 3 is 1.25 bits per heavy atom. The molecule has 0 bridgehead atoms. The lowest BCUT2D eigenvalue weighted by Crippen LogP contribution is -2.47. The Kier molecular flexibility index (Phi) is 4.09. The van der Waals surface area contributed by atoms with Crippen LogP contribution in [0.25, 0.3) is 0 Å². The van der Waals surface area contributed by atoms with E-state index in [1.54, 1.807) is 0 Å². The Balaban J connectivity index is 1.99. The average Bonchev–Trinajstić information content (AvgIpc) is 2.64. The summed E-state index contributed by atoms with van der Waals surface area (Å²) < 4.78 is 0. The van der Waals surface area contributed by atoms with Crippen LogP contribution >= 0.6 is 0 Å². The van der Waals surface area contributed by atoms with Crippen molar-refractivity contribution in [1.82, 2.24) is 0 Å². The van der Waals surface area contributed by atoms with E-state index >= 15 is 0 Å². The van der Waals surface area contributed by atoms with Crippen molar-refractivity contribution in [1.29, 1.82) is 0 Å². The highest BCUT2D eigenvalue weighted by molar-refractivity contribution is 5.56. The van der Waals surface area contributed by atoms with Gasteiger partial charge in [-0.3, -0.25) is 0 Å². The first-order chi connectivity index (χ1) is 11.5. The molecule has 1 aliphatic carbocycles. The zero-order valence-electron chi connectivity index (χ0n) is 14.8. The molecule has 0 radical (unpaired) electrons. The highest BCUT2D eigenvalue weighted by Crippen LogP contribution is 2.59. The molecule has 24 heavy (non-hydrogen) atoms. The first kappa shape index (κ1) is 16.2. The fourth-order valence-electron chi connectivity index (χ4n) is 3.31. The average molecular weight is 310 g/mol. The number of benzene rings is 2. The van der Waals surface area contributed by atoms with Crippen LogP contribution in [-0.4, -0.2) is 0 Å². The lowest BCUT2D eigenvalue weighted by Gasteiger charge is -2.52. The summed E-state index contributed by atoms with van der Waals surface area (Å²) in [7, 11) is 0. The third kappa shape index (κ3) is 2.55. The van der Waals surface area contributed by atoms with Crippen molar-refractivity contribution in [2.45, 2.75) is 27.7 Å². The van der Waals surface area contributed by atoms with E-state index in [-0.39, 0.29) is 10.8 Å². The Bertz CT molecular complexity index is 817. The minimum absolute atomic E-state index is 0.214. The number of hydrogen-bond donors (Lipinski definition) is 0. The molecule has 118 valence electrons. The maximum absolute atomic E-state index is 3.51. The molecule has 3 rings (SSSR count). The standard InChI is InChI=1S/C24H22/c1-19-20(2)24(4,18-16-22-13-9-6-10-14-22)23(19,3)17-15-21-11-7-5-8-12-21/h5-14H,1-4H3/t23-,24-/m0/s1. The van der Waals surface area contributed by atoms with Gasteiger partial charge in [-0.1, -0.05) is 71.2 Å². The maximum Gasteiger partial charge on any atom is 0.0699 e. The van der Waals surface area contributed by atoms with E-state index in [1.165, 1.54) is 11.1 Å². The smallest absolute Gasteiger partial charge is 0.0699 e. The highest BCUT2D eigenvalue weighted by atomic mass is 14.5. The Hall–Kier alpha value is -2.70. The molecule has 0 aromatic heterocycles. The number of allylic oxidation sites excluding steroid dienone is 2. The minimum Gasteiger partial charge on any atom is -0.0850 e. The lowest BCUT2D eigenvalue weighted by molar-refractivity contribution is 0.240. The van der Waals surface area contributed by atoms with Crippen molar-refractivity contribution in [3.05, 3.63) is 82.9 Å². The molecule has 1 aliphatic rings. The quantitative estimate of drug-likeness (QED) is 0.448. The summed E-state index contributed by atoms with van der Waals surface area (Å²) in [6.07, 6.45) is 0. The normalized spacial score (nSPS) is 25.0. The van der Waals surface area contributed by atoms with Crippen LogP contribution in [0.2, 0.25) is 0 Å². The number of rotatable bonds is 0. The summed E-state index contributed by atoms with van der Waals surface area (Å²) in [6, 6.07) is 20.3. The van der Waals surface area contributed by atoms with Crippen LogP contribution in [0.5, 0.6) is 0 Å². The van der Waals surface area contributed by atoms with Crippen LogP contribution in [-0.2, 0) is 0 Å². The molecule has 0 N–H and O–H groups in total. The maximum atomic E-state index is 3.51. The van der Waals surface area contributed by atoms with Gasteiger partial charge in [-0.2, -0.15) is 0 Å². The molecule has 0 nitrogen and oxygen atoms in total. The Morgan fingerprint density at radius 2 is 0.917 bits per heavy atom. The van der Waals surface area contributed by atoms with E-state index in [0.29, 0.717) is 0 Å². The SMILES string of the molecule is CC1=C(C)[C@](C)(C#Cc2ccccc2)[C@@]1(C)C#Cc1ccccc1. The lowest BCUT2D eigenvalue weighted by atomic mass is 9.49. The summed E-state index contributed by atoms with van der Waals surface area (Å²) in [5.41, 5.74) is 4.36. The molecule has 0 spiro atoms.